The Kier molecular flexibility index (Phi) is 5.68. The summed E-state index contributed by atoms with van der Waals surface area (Å²) in [5.74, 6) is -0.0195. The first-order valence-electron chi connectivity index (χ1n) is 10.7. The molecule has 0 amide bonds. The van der Waals surface area contributed by atoms with Crippen LogP contribution in [-0.4, -0.2) is 46.2 Å². The molecule has 0 N–H and O–H groups in total. The fourth-order valence-corrected chi connectivity index (χ4v) is 6.69. The van der Waals surface area contributed by atoms with Crippen LogP contribution in [0.5, 0.6) is 5.75 Å². The highest BCUT2D eigenvalue weighted by Crippen LogP contribution is 2.36. The van der Waals surface area contributed by atoms with Gasteiger partial charge in [0, 0.05) is 30.9 Å². The van der Waals surface area contributed by atoms with Crippen LogP contribution < -0.4 is 10.4 Å². The van der Waals surface area contributed by atoms with Crippen molar-refractivity contribution < 1.29 is 22.3 Å². The molecule has 1 saturated heterocycles. The second kappa shape index (κ2) is 8.09. The number of aromatic nitrogens is 3. The summed E-state index contributed by atoms with van der Waals surface area (Å²) in [6, 6.07) is 9.50. The molecule has 2 aromatic heterocycles. The largest absolute Gasteiger partial charge is 0.461 e. The summed E-state index contributed by atoms with van der Waals surface area (Å²) in [5, 5.41) is 0. The topological polar surface area (TPSA) is 100 Å². The van der Waals surface area contributed by atoms with Gasteiger partial charge in [-0.1, -0.05) is 13.0 Å². The van der Waals surface area contributed by atoms with Gasteiger partial charge in [-0.15, -0.1) is 0 Å². The van der Waals surface area contributed by atoms with Crippen LogP contribution in [0.15, 0.2) is 41.2 Å². The van der Waals surface area contributed by atoms with E-state index in [0.717, 1.165) is 0 Å². The van der Waals surface area contributed by atoms with Crippen molar-refractivity contribution in [3.63, 3.8) is 0 Å². The molecule has 1 aliphatic heterocycles. The minimum absolute atomic E-state index is 0.0169. The van der Waals surface area contributed by atoms with E-state index in [1.54, 1.807) is 43.3 Å². The van der Waals surface area contributed by atoms with Crippen molar-refractivity contribution in [1.29, 1.82) is 0 Å². The number of benzene rings is 1. The number of sulfone groups is 1. The lowest BCUT2D eigenvalue weighted by molar-refractivity contribution is 0.0860. The summed E-state index contributed by atoms with van der Waals surface area (Å²) in [6.07, 6.45) is -1.44. The molecule has 1 aromatic carbocycles. The van der Waals surface area contributed by atoms with E-state index in [2.05, 4.69) is 4.98 Å². The molecule has 0 saturated carbocycles. The molecular weight excluding hydrogens is 449 g/mol. The van der Waals surface area contributed by atoms with Crippen LogP contribution >= 0.6 is 0 Å². The number of imidazole rings is 1. The van der Waals surface area contributed by atoms with Gasteiger partial charge in [0.05, 0.1) is 22.7 Å². The van der Waals surface area contributed by atoms with Crippen molar-refractivity contribution in [2.75, 3.05) is 11.5 Å². The first-order chi connectivity index (χ1) is 15.4. The third-order valence-electron chi connectivity index (χ3n) is 5.62. The Labute approximate surface area is 190 Å². The molecule has 0 radical (unpaired) electrons. The van der Waals surface area contributed by atoms with Gasteiger partial charge >= 0.3 is 5.69 Å². The molecule has 10 heteroatoms. The van der Waals surface area contributed by atoms with Crippen LogP contribution in [0.25, 0.3) is 16.9 Å². The van der Waals surface area contributed by atoms with Crippen molar-refractivity contribution >= 4 is 26.8 Å². The van der Waals surface area contributed by atoms with Gasteiger partial charge in [0.2, 0.25) is 6.36 Å². The van der Waals surface area contributed by atoms with E-state index in [1.807, 2.05) is 13.8 Å². The Morgan fingerprint density at radius 1 is 1.21 bits per heavy atom. The number of rotatable bonds is 7. The molecule has 33 heavy (non-hydrogen) atoms. The zero-order valence-corrected chi connectivity index (χ0v) is 19.7. The molecule has 0 spiro atoms. The normalized spacial score (nSPS) is 17.6. The van der Waals surface area contributed by atoms with Gasteiger partial charge in [-0.2, -0.15) is 0 Å². The number of halogens is 1. The van der Waals surface area contributed by atoms with Crippen LogP contribution in [0.1, 0.15) is 50.6 Å². The summed E-state index contributed by atoms with van der Waals surface area (Å²) in [6.45, 7) is 6.72. The van der Waals surface area contributed by atoms with E-state index in [1.165, 1.54) is 16.1 Å². The van der Waals surface area contributed by atoms with E-state index in [9.17, 15) is 22.4 Å². The van der Waals surface area contributed by atoms with E-state index < -0.39 is 21.6 Å². The molecular formula is C23H26FN3O5S. The summed E-state index contributed by atoms with van der Waals surface area (Å²) < 4.78 is 44.5. The smallest absolute Gasteiger partial charge is 0.335 e. The molecule has 1 aliphatic rings. The Morgan fingerprint density at radius 3 is 2.52 bits per heavy atom. The summed E-state index contributed by atoms with van der Waals surface area (Å²) in [5.41, 5.74) is 0.563. The number of ketones is 1. The van der Waals surface area contributed by atoms with Gasteiger partial charge in [-0.25, -0.2) is 22.6 Å². The molecule has 4 rings (SSSR count). The molecule has 3 aromatic rings. The number of Topliss-reactive ketones (excluding diaryl/α,β-unsaturated/α-hetero) is 1. The number of alkyl halides is 1. The number of carbonyl (C=O) groups is 1. The predicted octanol–water partition coefficient (Wildman–Crippen LogP) is 3.47. The molecule has 1 atom stereocenters. The number of nitrogens with zero attached hydrogens (tertiary/aromatic N) is 3. The standard InChI is InChI=1S/C23H26FN3O5S/c1-14(2)26-21-19(27(22(26)29)16-6-5-7-17(10-16)32-15(3)24)9-8-18(25-21)20(28)11-23(4)12-33(30,31)13-23/h5-10,14-15H,11-13H2,1-4H3. The van der Waals surface area contributed by atoms with Crippen LogP contribution in [0.3, 0.4) is 0 Å². The van der Waals surface area contributed by atoms with Crippen molar-refractivity contribution in [2.24, 2.45) is 5.41 Å². The molecule has 176 valence electrons. The Hall–Kier alpha value is -3.01. The molecule has 0 bridgehead atoms. The van der Waals surface area contributed by atoms with Crippen molar-refractivity contribution in [3.8, 4) is 11.4 Å². The van der Waals surface area contributed by atoms with Gasteiger partial charge in [-0.05, 0) is 38.1 Å². The maximum atomic E-state index is 13.3. The lowest BCUT2D eigenvalue weighted by Gasteiger charge is -2.36. The number of hydrogen-bond acceptors (Lipinski definition) is 6. The lowest BCUT2D eigenvalue weighted by Crippen LogP contribution is -2.47. The van der Waals surface area contributed by atoms with Crippen LogP contribution in [0.2, 0.25) is 0 Å². The van der Waals surface area contributed by atoms with Crippen LogP contribution in [-0.2, 0) is 9.84 Å². The molecule has 3 heterocycles. The highest BCUT2D eigenvalue weighted by Gasteiger charge is 2.46. The lowest BCUT2D eigenvalue weighted by atomic mass is 9.87. The van der Waals surface area contributed by atoms with E-state index >= 15 is 0 Å². The van der Waals surface area contributed by atoms with Crippen LogP contribution in [0, 0.1) is 5.41 Å². The highest BCUT2D eigenvalue weighted by atomic mass is 32.2. The minimum atomic E-state index is -3.07. The highest BCUT2D eigenvalue weighted by molar-refractivity contribution is 7.92. The number of hydrogen-bond donors (Lipinski definition) is 0. The first kappa shape index (κ1) is 23.2. The average molecular weight is 476 g/mol. The summed E-state index contributed by atoms with van der Waals surface area (Å²) in [7, 11) is -3.07. The number of ether oxygens (including phenoxy) is 1. The summed E-state index contributed by atoms with van der Waals surface area (Å²) in [4.78, 5) is 30.7. The maximum Gasteiger partial charge on any atom is 0.335 e. The third kappa shape index (κ3) is 4.44. The Balaban J connectivity index is 1.78. The van der Waals surface area contributed by atoms with Gasteiger partial charge < -0.3 is 4.74 Å². The SMILES string of the molecule is CC(F)Oc1cccc(-n2c(=O)n(C(C)C)c3nc(C(=O)CC4(C)CS(=O)(=O)C4)ccc32)c1. The van der Waals surface area contributed by atoms with Crippen LogP contribution in [0.4, 0.5) is 4.39 Å². The monoisotopic (exact) mass is 475 g/mol. The average Bonchev–Trinajstić information content (AvgIpc) is 2.96. The second-order valence-electron chi connectivity index (χ2n) is 9.22. The van der Waals surface area contributed by atoms with Gasteiger partial charge in [0.25, 0.3) is 0 Å². The van der Waals surface area contributed by atoms with Crippen molar-refractivity contribution in [2.45, 2.75) is 46.5 Å². The van der Waals surface area contributed by atoms with E-state index in [4.69, 9.17) is 4.74 Å². The maximum absolute atomic E-state index is 13.3. The quantitative estimate of drug-likeness (QED) is 0.485. The number of pyridine rings is 1. The van der Waals surface area contributed by atoms with Gasteiger partial charge in [0.15, 0.2) is 21.3 Å². The summed E-state index contributed by atoms with van der Waals surface area (Å²) >= 11 is 0. The van der Waals surface area contributed by atoms with E-state index in [0.29, 0.717) is 16.9 Å². The molecule has 0 aliphatic carbocycles. The third-order valence-corrected chi connectivity index (χ3v) is 7.89. The zero-order valence-electron chi connectivity index (χ0n) is 18.9. The van der Waals surface area contributed by atoms with E-state index in [-0.39, 0.29) is 46.9 Å². The Morgan fingerprint density at radius 2 is 1.91 bits per heavy atom. The first-order valence-corrected chi connectivity index (χ1v) is 12.5. The fraction of sp³-hybridized carbons (Fsp3) is 0.435. The molecule has 1 unspecified atom stereocenters. The second-order valence-corrected chi connectivity index (χ2v) is 11.3. The molecule has 1 fully saturated rings. The molecule has 8 nitrogen and oxygen atoms in total. The Bertz CT molecular complexity index is 1390. The van der Waals surface area contributed by atoms with Gasteiger partial charge in [0.1, 0.15) is 11.4 Å². The minimum Gasteiger partial charge on any atom is -0.461 e. The van der Waals surface area contributed by atoms with Crippen molar-refractivity contribution in [1.82, 2.24) is 14.1 Å². The van der Waals surface area contributed by atoms with Gasteiger partial charge in [-0.3, -0.25) is 13.9 Å². The predicted molar refractivity (Wildman–Crippen MR) is 123 cm³/mol. The fourth-order valence-electron chi connectivity index (χ4n) is 4.45. The van der Waals surface area contributed by atoms with Crippen molar-refractivity contribution in [3.05, 3.63) is 52.6 Å². The zero-order chi connectivity index (χ0) is 24.1. The number of carbonyl (C=O) groups excluding carboxylic acids is 1. The number of fused-ring (bicyclic) bond motifs is 1.